The molecule has 0 atom stereocenters. The largest absolute Gasteiger partial charge is 0.497 e. The summed E-state index contributed by atoms with van der Waals surface area (Å²) >= 11 is 0. The van der Waals surface area contributed by atoms with Crippen LogP contribution in [0.5, 0.6) is 5.75 Å². The molecule has 0 bridgehead atoms. The second kappa shape index (κ2) is 7.53. The Balaban J connectivity index is 1.32. The lowest BCUT2D eigenvalue weighted by atomic mass is 10.2. The Bertz CT molecular complexity index is 967. The van der Waals surface area contributed by atoms with Crippen LogP contribution in [0.25, 0.3) is 11.0 Å². The number of anilines is 1. The molecule has 0 N–H and O–H groups in total. The molecule has 1 amide bonds. The second-order valence-corrected chi connectivity index (χ2v) is 7.13. The number of amides is 1. The Labute approximate surface area is 164 Å². The predicted molar refractivity (Wildman–Crippen MR) is 108 cm³/mol. The molecule has 1 aliphatic rings. The van der Waals surface area contributed by atoms with Crippen molar-refractivity contribution in [1.29, 1.82) is 0 Å². The standard InChI is InChI=1S/C20H26N6O2/c1-15-20-18(23(2)22-15)14-21-26(20)9-8-19(27)25-12-10-24(11-13-25)16-4-6-17(28-3)7-5-16/h4-7,14H,8-13H2,1-3H3. The molecule has 148 valence electrons. The van der Waals surface area contributed by atoms with E-state index >= 15 is 0 Å². The number of carbonyl (C=O) groups is 1. The first kappa shape index (κ1) is 18.3. The third-order valence-corrected chi connectivity index (χ3v) is 5.42. The maximum absolute atomic E-state index is 12.7. The molecule has 0 saturated carbocycles. The Morgan fingerprint density at radius 3 is 2.54 bits per heavy atom. The molecular weight excluding hydrogens is 356 g/mol. The van der Waals surface area contributed by atoms with Gasteiger partial charge in [-0.1, -0.05) is 0 Å². The number of ether oxygens (including phenoxy) is 1. The lowest BCUT2D eigenvalue weighted by Crippen LogP contribution is -2.49. The van der Waals surface area contributed by atoms with Crippen LogP contribution in [0.2, 0.25) is 0 Å². The first-order valence-electron chi connectivity index (χ1n) is 9.58. The first-order valence-corrected chi connectivity index (χ1v) is 9.58. The van der Waals surface area contributed by atoms with Crippen molar-refractivity contribution < 1.29 is 9.53 Å². The molecule has 1 aromatic carbocycles. The van der Waals surface area contributed by atoms with Crippen molar-refractivity contribution in [1.82, 2.24) is 24.5 Å². The molecule has 4 rings (SSSR count). The number of aryl methyl sites for hydroxylation is 3. The molecule has 1 saturated heterocycles. The highest BCUT2D eigenvalue weighted by atomic mass is 16.5. The van der Waals surface area contributed by atoms with Crippen LogP contribution >= 0.6 is 0 Å². The molecule has 0 spiro atoms. The van der Waals surface area contributed by atoms with Crippen LogP contribution in [0.1, 0.15) is 12.1 Å². The van der Waals surface area contributed by atoms with Crippen LogP contribution in [0.4, 0.5) is 5.69 Å². The van der Waals surface area contributed by atoms with Gasteiger partial charge in [0.2, 0.25) is 5.91 Å². The van der Waals surface area contributed by atoms with E-state index in [0.29, 0.717) is 13.0 Å². The number of aromatic nitrogens is 4. The van der Waals surface area contributed by atoms with Crippen molar-refractivity contribution in [2.75, 3.05) is 38.2 Å². The Hall–Kier alpha value is -3.03. The van der Waals surface area contributed by atoms with Gasteiger partial charge in [-0.3, -0.25) is 14.2 Å². The minimum absolute atomic E-state index is 0.180. The number of hydrogen-bond acceptors (Lipinski definition) is 5. The molecule has 1 fully saturated rings. The number of piperazine rings is 1. The number of carbonyl (C=O) groups excluding carboxylic acids is 1. The van der Waals surface area contributed by atoms with E-state index in [1.165, 1.54) is 5.69 Å². The fourth-order valence-electron chi connectivity index (χ4n) is 3.85. The summed E-state index contributed by atoms with van der Waals surface area (Å²) in [6.07, 6.45) is 2.26. The summed E-state index contributed by atoms with van der Waals surface area (Å²) in [6.45, 7) is 5.71. The Kier molecular flexibility index (Phi) is 4.93. The molecule has 0 unspecified atom stereocenters. The average Bonchev–Trinajstić information content (AvgIpc) is 3.28. The van der Waals surface area contributed by atoms with Crippen molar-refractivity contribution in [3.8, 4) is 5.75 Å². The molecule has 1 aliphatic heterocycles. The zero-order valence-corrected chi connectivity index (χ0v) is 16.6. The van der Waals surface area contributed by atoms with Crippen LogP contribution in [0.3, 0.4) is 0 Å². The fourth-order valence-corrected chi connectivity index (χ4v) is 3.85. The van der Waals surface area contributed by atoms with Gasteiger partial charge < -0.3 is 14.5 Å². The summed E-state index contributed by atoms with van der Waals surface area (Å²) in [5.41, 5.74) is 4.12. The third kappa shape index (κ3) is 3.42. The van der Waals surface area contributed by atoms with Gasteiger partial charge in [-0.05, 0) is 31.2 Å². The van der Waals surface area contributed by atoms with Crippen LogP contribution in [-0.2, 0) is 18.4 Å². The fraction of sp³-hybridized carbons (Fsp3) is 0.450. The van der Waals surface area contributed by atoms with E-state index in [1.807, 2.05) is 46.6 Å². The quantitative estimate of drug-likeness (QED) is 0.673. The van der Waals surface area contributed by atoms with Crippen LogP contribution < -0.4 is 9.64 Å². The summed E-state index contributed by atoms with van der Waals surface area (Å²) in [7, 11) is 3.58. The highest BCUT2D eigenvalue weighted by molar-refractivity contribution is 5.79. The predicted octanol–water partition coefficient (Wildman–Crippen LogP) is 1.83. The minimum atomic E-state index is 0.180. The average molecular weight is 382 g/mol. The number of nitrogens with zero attached hydrogens (tertiary/aromatic N) is 6. The van der Waals surface area contributed by atoms with Crippen molar-refractivity contribution in [3.63, 3.8) is 0 Å². The molecule has 0 radical (unpaired) electrons. The highest BCUT2D eigenvalue weighted by Crippen LogP contribution is 2.21. The maximum Gasteiger partial charge on any atom is 0.224 e. The van der Waals surface area contributed by atoms with Gasteiger partial charge in [-0.25, -0.2) is 0 Å². The SMILES string of the molecule is COc1ccc(N2CCN(C(=O)CCn3ncc4c3c(C)nn4C)CC2)cc1. The van der Waals surface area contributed by atoms with Gasteiger partial charge in [0.25, 0.3) is 0 Å². The molecule has 8 heteroatoms. The normalized spacial score (nSPS) is 14.7. The molecule has 3 heterocycles. The van der Waals surface area contributed by atoms with Gasteiger partial charge in [0.05, 0.1) is 25.5 Å². The first-order chi connectivity index (χ1) is 13.6. The van der Waals surface area contributed by atoms with Crippen molar-refractivity contribution in [2.24, 2.45) is 7.05 Å². The molecule has 0 aliphatic carbocycles. The summed E-state index contributed by atoms with van der Waals surface area (Å²) < 4.78 is 8.93. The van der Waals surface area contributed by atoms with E-state index in [-0.39, 0.29) is 5.91 Å². The maximum atomic E-state index is 12.7. The summed E-state index contributed by atoms with van der Waals surface area (Å²) in [4.78, 5) is 16.9. The van der Waals surface area contributed by atoms with E-state index in [2.05, 4.69) is 27.2 Å². The minimum Gasteiger partial charge on any atom is -0.497 e. The van der Waals surface area contributed by atoms with E-state index in [1.54, 1.807) is 7.11 Å². The molecule has 2 aromatic heterocycles. The van der Waals surface area contributed by atoms with Crippen LogP contribution in [0, 0.1) is 6.92 Å². The highest BCUT2D eigenvalue weighted by Gasteiger charge is 2.22. The van der Waals surface area contributed by atoms with Gasteiger partial charge >= 0.3 is 0 Å². The van der Waals surface area contributed by atoms with Crippen molar-refractivity contribution >= 4 is 22.6 Å². The topological polar surface area (TPSA) is 68.4 Å². The lowest BCUT2D eigenvalue weighted by molar-refractivity contribution is -0.131. The Morgan fingerprint density at radius 1 is 1.14 bits per heavy atom. The third-order valence-electron chi connectivity index (χ3n) is 5.42. The smallest absolute Gasteiger partial charge is 0.224 e. The summed E-state index contributed by atoms with van der Waals surface area (Å²) in [5.74, 6) is 1.04. The van der Waals surface area contributed by atoms with Crippen LogP contribution in [-0.4, -0.2) is 63.7 Å². The molecule has 3 aromatic rings. The number of fused-ring (bicyclic) bond motifs is 1. The summed E-state index contributed by atoms with van der Waals surface area (Å²) in [6, 6.07) is 8.07. The zero-order valence-electron chi connectivity index (χ0n) is 16.6. The summed E-state index contributed by atoms with van der Waals surface area (Å²) in [5, 5.41) is 8.85. The number of methoxy groups -OCH3 is 1. The number of rotatable bonds is 5. The van der Waals surface area contributed by atoms with Gasteiger partial charge in [0.1, 0.15) is 16.8 Å². The zero-order chi connectivity index (χ0) is 19.7. The number of hydrogen-bond donors (Lipinski definition) is 0. The van der Waals surface area contributed by atoms with E-state index in [9.17, 15) is 4.79 Å². The van der Waals surface area contributed by atoms with Crippen molar-refractivity contribution in [2.45, 2.75) is 19.9 Å². The van der Waals surface area contributed by atoms with E-state index in [4.69, 9.17) is 4.74 Å². The van der Waals surface area contributed by atoms with Gasteiger partial charge in [0.15, 0.2) is 0 Å². The lowest BCUT2D eigenvalue weighted by Gasteiger charge is -2.36. The van der Waals surface area contributed by atoms with Gasteiger partial charge in [0, 0.05) is 45.3 Å². The van der Waals surface area contributed by atoms with Crippen LogP contribution in [0.15, 0.2) is 30.5 Å². The van der Waals surface area contributed by atoms with E-state index < -0.39 is 0 Å². The molecular formula is C20H26N6O2. The molecule has 8 nitrogen and oxygen atoms in total. The monoisotopic (exact) mass is 382 g/mol. The number of benzene rings is 1. The van der Waals surface area contributed by atoms with Crippen molar-refractivity contribution in [3.05, 3.63) is 36.2 Å². The molecule has 28 heavy (non-hydrogen) atoms. The Morgan fingerprint density at radius 2 is 1.86 bits per heavy atom. The van der Waals surface area contributed by atoms with E-state index in [0.717, 1.165) is 48.7 Å². The van der Waals surface area contributed by atoms with Gasteiger partial charge in [-0.15, -0.1) is 0 Å². The second-order valence-electron chi connectivity index (χ2n) is 7.13. The van der Waals surface area contributed by atoms with Gasteiger partial charge in [-0.2, -0.15) is 10.2 Å².